The van der Waals surface area contributed by atoms with Crippen LogP contribution in [0.25, 0.3) is 0 Å². The van der Waals surface area contributed by atoms with E-state index in [9.17, 15) is 14.7 Å². The molecule has 0 heterocycles. The van der Waals surface area contributed by atoms with Crippen LogP contribution in [0.15, 0.2) is 43.0 Å². The first-order valence-electron chi connectivity index (χ1n) is 6.28. The van der Waals surface area contributed by atoms with Crippen LogP contribution in [0.3, 0.4) is 0 Å². The Bertz CT molecular complexity index is 484. The molecule has 1 aromatic rings. The number of carbonyl (C=O) groups excluding carboxylic acids is 1. The van der Waals surface area contributed by atoms with Crippen LogP contribution < -0.4 is 5.32 Å². The average Bonchev–Trinajstić information content (AvgIpc) is 2.43. The molecule has 0 aromatic heterocycles. The van der Waals surface area contributed by atoms with Crippen molar-refractivity contribution in [2.24, 2.45) is 5.92 Å². The SMILES string of the molecule is C=C[C@@](NC(=O)OCc1ccccc1)(C(=O)O)C(C)C. The number of hydrogen-bond donors (Lipinski definition) is 2. The Hall–Kier alpha value is -2.30. The van der Waals surface area contributed by atoms with E-state index < -0.39 is 17.6 Å². The fourth-order valence-electron chi connectivity index (χ4n) is 1.75. The van der Waals surface area contributed by atoms with Crippen molar-refractivity contribution in [3.63, 3.8) is 0 Å². The van der Waals surface area contributed by atoms with Gasteiger partial charge in [-0.05, 0) is 11.5 Å². The van der Waals surface area contributed by atoms with Crippen molar-refractivity contribution in [1.29, 1.82) is 0 Å². The van der Waals surface area contributed by atoms with E-state index in [0.29, 0.717) is 0 Å². The molecule has 0 fully saturated rings. The van der Waals surface area contributed by atoms with Gasteiger partial charge in [-0.2, -0.15) is 0 Å². The van der Waals surface area contributed by atoms with E-state index in [2.05, 4.69) is 11.9 Å². The van der Waals surface area contributed by atoms with Gasteiger partial charge in [0.05, 0.1) is 0 Å². The number of aliphatic carboxylic acids is 1. The highest BCUT2D eigenvalue weighted by Crippen LogP contribution is 2.19. The molecule has 2 N–H and O–H groups in total. The standard InChI is InChI=1S/C15H19NO4/c1-4-15(11(2)3,13(17)18)16-14(19)20-10-12-8-6-5-7-9-12/h4-9,11H,1,10H2,2-3H3,(H,16,19)(H,17,18)/t15-/m0/s1. The van der Waals surface area contributed by atoms with Gasteiger partial charge in [-0.15, -0.1) is 6.58 Å². The van der Waals surface area contributed by atoms with Crippen LogP contribution in [-0.4, -0.2) is 22.7 Å². The van der Waals surface area contributed by atoms with E-state index in [0.717, 1.165) is 5.56 Å². The lowest BCUT2D eigenvalue weighted by Gasteiger charge is -2.30. The summed E-state index contributed by atoms with van der Waals surface area (Å²) >= 11 is 0. The molecule has 0 radical (unpaired) electrons. The molecular weight excluding hydrogens is 258 g/mol. The summed E-state index contributed by atoms with van der Waals surface area (Å²) < 4.78 is 5.02. The Morgan fingerprint density at radius 2 is 2.00 bits per heavy atom. The molecule has 0 aliphatic rings. The van der Waals surface area contributed by atoms with E-state index in [1.165, 1.54) is 6.08 Å². The van der Waals surface area contributed by atoms with Crippen LogP contribution in [0.5, 0.6) is 0 Å². The van der Waals surface area contributed by atoms with Gasteiger partial charge in [0.15, 0.2) is 5.54 Å². The number of alkyl carbamates (subject to hydrolysis) is 1. The van der Waals surface area contributed by atoms with Gasteiger partial charge in [-0.1, -0.05) is 50.3 Å². The predicted octanol–water partition coefficient (Wildman–Crippen LogP) is 2.58. The highest BCUT2D eigenvalue weighted by atomic mass is 16.5. The van der Waals surface area contributed by atoms with E-state index in [1.54, 1.807) is 13.8 Å². The number of benzene rings is 1. The molecule has 0 saturated carbocycles. The second-order valence-corrected chi connectivity index (χ2v) is 4.72. The summed E-state index contributed by atoms with van der Waals surface area (Å²) in [4.78, 5) is 23.1. The van der Waals surface area contributed by atoms with Crippen LogP contribution in [0.1, 0.15) is 19.4 Å². The summed E-state index contributed by atoms with van der Waals surface area (Å²) in [7, 11) is 0. The normalized spacial score (nSPS) is 13.3. The van der Waals surface area contributed by atoms with Crippen molar-refractivity contribution in [2.75, 3.05) is 0 Å². The minimum absolute atomic E-state index is 0.0810. The predicted molar refractivity (Wildman–Crippen MR) is 75.2 cm³/mol. The summed E-state index contributed by atoms with van der Waals surface area (Å²) in [6, 6.07) is 9.14. The fraction of sp³-hybridized carbons (Fsp3) is 0.333. The number of ether oxygens (including phenoxy) is 1. The van der Waals surface area contributed by atoms with E-state index >= 15 is 0 Å². The minimum Gasteiger partial charge on any atom is -0.479 e. The topological polar surface area (TPSA) is 75.6 Å². The first kappa shape index (κ1) is 15.8. The van der Waals surface area contributed by atoms with Crippen LogP contribution in [-0.2, 0) is 16.1 Å². The average molecular weight is 277 g/mol. The third-order valence-corrected chi connectivity index (χ3v) is 3.11. The highest BCUT2D eigenvalue weighted by Gasteiger charge is 2.40. The number of amides is 1. The second-order valence-electron chi connectivity index (χ2n) is 4.72. The lowest BCUT2D eigenvalue weighted by atomic mass is 9.86. The number of hydrogen-bond acceptors (Lipinski definition) is 3. The number of carbonyl (C=O) groups is 2. The molecule has 5 heteroatoms. The molecule has 20 heavy (non-hydrogen) atoms. The first-order chi connectivity index (χ1) is 9.42. The summed E-state index contributed by atoms with van der Waals surface area (Å²) in [5.41, 5.74) is -0.708. The Morgan fingerprint density at radius 3 is 2.45 bits per heavy atom. The monoisotopic (exact) mass is 277 g/mol. The van der Waals surface area contributed by atoms with Crippen molar-refractivity contribution >= 4 is 12.1 Å². The molecule has 1 aromatic carbocycles. The minimum atomic E-state index is -1.53. The Morgan fingerprint density at radius 1 is 1.40 bits per heavy atom. The molecule has 0 aliphatic carbocycles. The molecule has 0 unspecified atom stereocenters. The zero-order valence-corrected chi connectivity index (χ0v) is 11.6. The zero-order chi connectivity index (χ0) is 15.2. The maximum Gasteiger partial charge on any atom is 0.408 e. The second kappa shape index (κ2) is 6.75. The first-order valence-corrected chi connectivity index (χ1v) is 6.28. The maximum atomic E-state index is 11.8. The molecular formula is C15H19NO4. The molecule has 0 spiro atoms. The van der Waals surface area contributed by atoms with Crippen molar-refractivity contribution in [3.8, 4) is 0 Å². The molecule has 0 aliphatic heterocycles. The number of carboxylic acid groups (broad SMARTS) is 1. The van der Waals surface area contributed by atoms with Crippen LogP contribution in [0.2, 0.25) is 0 Å². The van der Waals surface area contributed by atoms with Gasteiger partial charge in [0.25, 0.3) is 0 Å². The Labute approximate surface area is 118 Å². The van der Waals surface area contributed by atoms with E-state index in [1.807, 2.05) is 30.3 Å². The molecule has 108 valence electrons. The number of rotatable bonds is 6. The molecule has 1 amide bonds. The largest absolute Gasteiger partial charge is 0.479 e. The number of nitrogens with one attached hydrogen (secondary N) is 1. The van der Waals surface area contributed by atoms with Crippen molar-refractivity contribution in [1.82, 2.24) is 5.32 Å². The van der Waals surface area contributed by atoms with E-state index in [-0.39, 0.29) is 12.5 Å². The van der Waals surface area contributed by atoms with Gasteiger partial charge >= 0.3 is 12.1 Å². The van der Waals surface area contributed by atoms with Gasteiger partial charge in [-0.25, -0.2) is 9.59 Å². The molecule has 0 bridgehead atoms. The van der Waals surface area contributed by atoms with Gasteiger partial charge < -0.3 is 15.2 Å². The van der Waals surface area contributed by atoms with Crippen LogP contribution in [0.4, 0.5) is 4.79 Å². The molecule has 0 saturated heterocycles. The highest BCUT2D eigenvalue weighted by molar-refractivity contribution is 5.86. The lowest BCUT2D eigenvalue weighted by molar-refractivity contribution is -0.144. The van der Waals surface area contributed by atoms with Crippen molar-refractivity contribution in [3.05, 3.63) is 48.6 Å². The van der Waals surface area contributed by atoms with Crippen LogP contribution in [0, 0.1) is 5.92 Å². The van der Waals surface area contributed by atoms with E-state index in [4.69, 9.17) is 4.74 Å². The zero-order valence-electron chi connectivity index (χ0n) is 11.6. The smallest absolute Gasteiger partial charge is 0.408 e. The summed E-state index contributed by atoms with van der Waals surface area (Å²) in [5.74, 6) is -1.53. The van der Waals surface area contributed by atoms with Gasteiger partial charge in [0.2, 0.25) is 0 Å². The lowest BCUT2D eigenvalue weighted by Crippen LogP contribution is -2.56. The molecule has 5 nitrogen and oxygen atoms in total. The Kier molecular flexibility index (Phi) is 5.32. The van der Waals surface area contributed by atoms with Crippen molar-refractivity contribution in [2.45, 2.75) is 26.0 Å². The third kappa shape index (κ3) is 3.60. The third-order valence-electron chi connectivity index (χ3n) is 3.11. The number of carboxylic acids is 1. The summed E-state index contributed by atoms with van der Waals surface area (Å²) in [6.45, 7) is 6.95. The van der Waals surface area contributed by atoms with Crippen LogP contribution >= 0.6 is 0 Å². The van der Waals surface area contributed by atoms with Gasteiger partial charge in [-0.3, -0.25) is 0 Å². The van der Waals surface area contributed by atoms with Gasteiger partial charge in [0, 0.05) is 0 Å². The quantitative estimate of drug-likeness (QED) is 0.784. The Balaban J connectivity index is 2.68. The molecule has 1 atom stereocenters. The summed E-state index contributed by atoms with van der Waals surface area (Å²) in [6.07, 6.45) is 0.425. The maximum absolute atomic E-state index is 11.8. The fourth-order valence-corrected chi connectivity index (χ4v) is 1.75. The van der Waals surface area contributed by atoms with Gasteiger partial charge in [0.1, 0.15) is 6.61 Å². The molecule has 1 rings (SSSR count). The van der Waals surface area contributed by atoms with Crippen molar-refractivity contribution < 1.29 is 19.4 Å². The summed E-state index contributed by atoms with van der Waals surface area (Å²) in [5, 5.41) is 11.7.